The van der Waals surface area contributed by atoms with E-state index in [-0.39, 0.29) is 0 Å². The predicted molar refractivity (Wildman–Crippen MR) is 84.4 cm³/mol. The summed E-state index contributed by atoms with van der Waals surface area (Å²) in [5.74, 6) is 0.916. The minimum atomic E-state index is 0.565. The van der Waals surface area contributed by atoms with Crippen LogP contribution in [0.5, 0.6) is 0 Å². The van der Waals surface area contributed by atoms with Gasteiger partial charge in [0.05, 0.1) is 0 Å². The Morgan fingerprint density at radius 2 is 2.16 bits per heavy atom. The summed E-state index contributed by atoms with van der Waals surface area (Å²) >= 11 is 1.86. The SMILES string of the molecule is CCN(Cc1cccs1)C(CN)CC1CCCCC1. The van der Waals surface area contributed by atoms with E-state index in [1.807, 2.05) is 11.3 Å². The van der Waals surface area contributed by atoms with Crippen molar-refractivity contribution in [1.82, 2.24) is 4.90 Å². The standard InChI is InChI=1S/C16H28N2S/c1-2-18(13-16-9-6-10-19-16)15(12-17)11-14-7-4-3-5-8-14/h6,9-10,14-15H,2-5,7-8,11-13,17H2,1H3. The van der Waals surface area contributed by atoms with Gasteiger partial charge in [-0.1, -0.05) is 45.1 Å². The van der Waals surface area contributed by atoms with Crippen molar-refractivity contribution in [2.75, 3.05) is 13.1 Å². The Hall–Kier alpha value is -0.380. The molecule has 3 heteroatoms. The lowest BCUT2D eigenvalue weighted by molar-refractivity contribution is 0.161. The lowest BCUT2D eigenvalue weighted by Gasteiger charge is -2.33. The van der Waals surface area contributed by atoms with Crippen LogP contribution >= 0.6 is 11.3 Å². The maximum absolute atomic E-state index is 6.06. The van der Waals surface area contributed by atoms with Crippen molar-refractivity contribution in [2.45, 2.75) is 58.0 Å². The molecule has 2 N–H and O–H groups in total. The largest absolute Gasteiger partial charge is 0.329 e. The van der Waals surface area contributed by atoms with E-state index in [1.165, 1.54) is 43.4 Å². The second kappa shape index (κ2) is 8.03. The topological polar surface area (TPSA) is 29.3 Å². The molecule has 1 aliphatic rings. The summed E-state index contributed by atoms with van der Waals surface area (Å²) in [6.07, 6.45) is 8.45. The molecule has 0 amide bonds. The van der Waals surface area contributed by atoms with E-state index in [0.29, 0.717) is 6.04 Å². The molecule has 1 heterocycles. The van der Waals surface area contributed by atoms with Gasteiger partial charge in [0.15, 0.2) is 0 Å². The highest BCUT2D eigenvalue weighted by Crippen LogP contribution is 2.29. The highest BCUT2D eigenvalue weighted by Gasteiger charge is 2.22. The predicted octanol–water partition coefficient (Wildman–Crippen LogP) is 3.87. The molecule has 0 saturated heterocycles. The van der Waals surface area contributed by atoms with Crippen LogP contribution in [-0.4, -0.2) is 24.0 Å². The van der Waals surface area contributed by atoms with Gasteiger partial charge in [0.2, 0.25) is 0 Å². The first-order valence-electron chi connectivity index (χ1n) is 7.80. The van der Waals surface area contributed by atoms with Gasteiger partial charge in [0.1, 0.15) is 0 Å². The van der Waals surface area contributed by atoms with Gasteiger partial charge >= 0.3 is 0 Å². The quantitative estimate of drug-likeness (QED) is 0.821. The molecule has 1 fully saturated rings. The summed E-state index contributed by atoms with van der Waals surface area (Å²) in [6, 6.07) is 4.95. The minimum Gasteiger partial charge on any atom is -0.329 e. The molecule has 0 aliphatic heterocycles. The second-order valence-electron chi connectivity index (χ2n) is 5.77. The zero-order chi connectivity index (χ0) is 13.5. The zero-order valence-corrected chi connectivity index (χ0v) is 13.0. The number of hydrogen-bond acceptors (Lipinski definition) is 3. The fraction of sp³-hybridized carbons (Fsp3) is 0.750. The molecule has 19 heavy (non-hydrogen) atoms. The Morgan fingerprint density at radius 3 is 2.74 bits per heavy atom. The monoisotopic (exact) mass is 280 g/mol. The van der Waals surface area contributed by atoms with Gasteiger partial charge in [-0.3, -0.25) is 4.90 Å². The van der Waals surface area contributed by atoms with Crippen LogP contribution in [0.4, 0.5) is 0 Å². The van der Waals surface area contributed by atoms with Crippen molar-refractivity contribution in [3.05, 3.63) is 22.4 Å². The molecule has 1 saturated carbocycles. The first-order valence-corrected chi connectivity index (χ1v) is 8.68. The van der Waals surface area contributed by atoms with Gasteiger partial charge in [-0.05, 0) is 30.3 Å². The van der Waals surface area contributed by atoms with Gasteiger partial charge in [-0.25, -0.2) is 0 Å². The maximum atomic E-state index is 6.06. The first-order chi connectivity index (χ1) is 9.33. The van der Waals surface area contributed by atoms with Gasteiger partial charge < -0.3 is 5.73 Å². The molecule has 1 atom stereocenters. The average Bonchev–Trinajstić information content (AvgIpc) is 2.96. The fourth-order valence-corrected chi connectivity index (χ4v) is 4.03. The number of hydrogen-bond donors (Lipinski definition) is 1. The molecule has 0 spiro atoms. The fourth-order valence-electron chi connectivity index (χ4n) is 3.30. The summed E-state index contributed by atoms with van der Waals surface area (Å²) in [4.78, 5) is 4.03. The van der Waals surface area contributed by atoms with E-state index >= 15 is 0 Å². The van der Waals surface area contributed by atoms with Gasteiger partial charge in [-0.2, -0.15) is 0 Å². The van der Waals surface area contributed by atoms with Crippen molar-refractivity contribution >= 4 is 11.3 Å². The van der Waals surface area contributed by atoms with Crippen molar-refractivity contribution in [2.24, 2.45) is 11.7 Å². The highest BCUT2D eigenvalue weighted by atomic mass is 32.1. The van der Waals surface area contributed by atoms with Crippen LogP contribution in [0, 0.1) is 5.92 Å². The molecule has 0 radical (unpaired) electrons. The lowest BCUT2D eigenvalue weighted by Crippen LogP contribution is -2.41. The number of nitrogens with two attached hydrogens (primary N) is 1. The Bertz CT molecular complexity index is 331. The van der Waals surface area contributed by atoms with Crippen LogP contribution in [0.1, 0.15) is 50.3 Å². The molecule has 108 valence electrons. The van der Waals surface area contributed by atoms with Crippen molar-refractivity contribution in [3.63, 3.8) is 0 Å². The average molecular weight is 280 g/mol. The van der Waals surface area contributed by atoms with Crippen molar-refractivity contribution in [3.8, 4) is 0 Å². The molecule has 2 rings (SSSR count). The van der Waals surface area contributed by atoms with Crippen molar-refractivity contribution in [1.29, 1.82) is 0 Å². The Kier molecular flexibility index (Phi) is 6.35. The summed E-state index contributed by atoms with van der Waals surface area (Å²) in [5, 5.41) is 2.17. The summed E-state index contributed by atoms with van der Waals surface area (Å²) < 4.78 is 0. The van der Waals surface area contributed by atoms with E-state index in [9.17, 15) is 0 Å². The van der Waals surface area contributed by atoms with Crippen LogP contribution < -0.4 is 5.73 Å². The van der Waals surface area contributed by atoms with E-state index in [2.05, 4.69) is 29.3 Å². The third-order valence-electron chi connectivity index (χ3n) is 4.46. The third kappa shape index (κ3) is 4.59. The van der Waals surface area contributed by atoms with E-state index < -0.39 is 0 Å². The summed E-state index contributed by atoms with van der Waals surface area (Å²) in [5.41, 5.74) is 6.06. The normalized spacial score (nSPS) is 18.9. The molecule has 1 aromatic rings. The molecule has 1 unspecified atom stereocenters. The van der Waals surface area contributed by atoms with Crippen molar-refractivity contribution < 1.29 is 0 Å². The maximum Gasteiger partial charge on any atom is 0.0331 e. The minimum absolute atomic E-state index is 0.565. The Labute approximate surface area is 122 Å². The number of nitrogens with zero attached hydrogens (tertiary/aromatic N) is 1. The third-order valence-corrected chi connectivity index (χ3v) is 5.32. The van der Waals surface area contributed by atoms with Crippen LogP contribution in [-0.2, 0) is 6.54 Å². The van der Waals surface area contributed by atoms with Gasteiger partial charge in [0, 0.05) is 24.0 Å². The number of rotatable bonds is 7. The molecule has 1 aliphatic carbocycles. The lowest BCUT2D eigenvalue weighted by atomic mass is 9.84. The van der Waals surface area contributed by atoms with E-state index in [0.717, 1.165) is 25.6 Å². The smallest absolute Gasteiger partial charge is 0.0331 e. The molecular weight excluding hydrogens is 252 g/mol. The Morgan fingerprint density at radius 1 is 1.37 bits per heavy atom. The first kappa shape index (κ1) is 15.0. The van der Waals surface area contributed by atoms with Crippen LogP contribution in [0.3, 0.4) is 0 Å². The molecule has 0 aromatic carbocycles. The highest BCUT2D eigenvalue weighted by molar-refractivity contribution is 7.09. The van der Waals surface area contributed by atoms with Gasteiger partial charge in [0.25, 0.3) is 0 Å². The molecule has 2 nitrogen and oxygen atoms in total. The van der Waals surface area contributed by atoms with Crippen LogP contribution in [0.2, 0.25) is 0 Å². The number of thiophene rings is 1. The summed E-state index contributed by atoms with van der Waals surface area (Å²) in [7, 11) is 0. The molecular formula is C16H28N2S. The van der Waals surface area contributed by atoms with Crippen LogP contribution in [0.25, 0.3) is 0 Å². The molecule has 0 bridgehead atoms. The zero-order valence-electron chi connectivity index (χ0n) is 12.2. The van der Waals surface area contributed by atoms with Gasteiger partial charge in [-0.15, -0.1) is 11.3 Å². The molecule has 1 aromatic heterocycles. The second-order valence-corrected chi connectivity index (χ2v) is 6.80. The Balaban J connectivity index is 1.89. The van der Waals surface area contributed by atoms with Crippen LogP contribution in [0.15, 0.2) is 17.5 Å². The van der Waals surface area contributed by atoms with E-state index in [1.54, 1.807) is 0 Å². The number of likely N-dealkylation sites (N-methyl/N-ethyl adjacent to an activating group) is 1. The van der Waals surface area contributed by atoms with E-state index in [4.69, 9.17) is 5.73 Å². The summed E-state index contributed by atoms with van der Waals surface area (Å²) in [6.45, 7) is 5.24.